The predicted molar refractivity (Wildman–Crippen MR) is 120 cm³/mol. The highest BCUT2D eigenvalue weighted by Gasteiger charge is 2.18. The molecular formula is C20H23N7O2S. The second-order valence-corrected chi connectivity index (χ2v) is 8.08. The number of amides is 1. The molecule has 1 aromatic carbocycles. The summed E-state index contributed by atoms with van der Waals surface area (Å²) in [5.41, 5.74) is 8.30. The van der Waals surface area contributed by atoms with E-state index in [9.17, 15) is 9.59 Å². The van der Waals surface area contributed by atoms with Crippen molar-refractivity contribution < 1.29 is 4.79 Å². The number of anilines is 2. The van der Waals surface area contributed by atoms with Gasteiger partial charge in [-0.1, -0.05) is 23.5 Å². The first-order chi connectivity index (χ1) is 14.4. The maximum atomic E-state index is 12.2. The maximum Gasteiger partial charge on any atom is 0.276 e. The van der Waals surface area contributed by atoms with Gasteiger partial charge in [-0.2, -0.15) is 14.6 Å². The third-order valence-electron chi connectivity index (χ3n) is 4.82. The fourth-order valence-electron chi connectivity index (χ4n) is 3.32. The number of hydrogen-bond acceptors (Lipinski definition) is 8. The van der Waals surface area contributed by atoms with Gasteiger partial charge in [-0.3, -0.25) is 9.59 Å². The molecule has 156 valence electrons. The molecule has 4 N–H and O–H groups in total. The van der Waals surface area contributed by atoms with Gasteiger partial charge in [-0.05, 0) is 30.7 Å². The molecule has 1 aliphatic heterocycles. The van der Waals surface area contributed by atoms with Crippen molar-refractivity contribution in [1.29, 1.82) is 0 Å². The summed E-state index contributed by atoms with van der Waals surface area (Å²) >= 11 is 1.33. The van der Waals surface area contributed by atoms with Crippen LogP contribution in [0.25, 0.3) is 21.1 Å². The molecule has 4 rings (SSSR count). The molecule has 3 aromatic rings. The zero-order valence-electron chi connectivity index (χ0n) is 16.6. The minimum atomic E-state index is -0.287. The molecule has 0 atom stereocenters. The molecule has 9 nitrogen and oxygen atoms in total. The lowest BCUT2D eigenvalue weighted by atomic mass is 10.0. The second-order valence-electron chi connectivity index (χ2n) is 7.12. The Balaban J connectivity index is 1.82. The maximum absolute atomic E-state index is 12.2. The zero-order valence-corrected chi connectivity index (χ0v) is 17.5. The lowest BCUT2D eigenvalue weighted by Crippen LogP contribution is -2.44. The van der Waals surface area contributed by atoms with Gasteiger partial charge in [0.05, 0.1) is 6.54 Å². The quantitative estimate of drug-likeness (QED) is 0.561. The summed E-state index contributed by atoms with van der Waals surface area (Å²) < 4.78 is 1.72. The standard InChI is InChI=1S/C20H23N7O2S/c1-12(2)13-7-14(9-15(8-13)23-17(29)11-21)19-25-27-18(26-5-3-22-4-6-26)10-16(28)24-20(27)30-19/h7-10,22H,1,3-6,11,21H2,2H3,(H,23,29). The Kier molecular flexibility index (Phi) is 5.62. The second kappa shape index (κ2) is 8.34. The van der Waals surface area contributed by atoms with Crippen LogP contribution in [-0.4, -0.2) is 53.2 Å². The summed E-state index contributed by atoms with van der Waals surface area (Å²) in [7, 11) is 0. The van der Waals surface area contributed by atoms with E-state index in [2.05, 4.69) is 27.1 Å². The zero-order chi connectivity index (χ0) is 21.3. The Morgan fingerprint density at radius 1 is 1.30 bits per heavy atom. The van der Waals surface area contributed by atoms with Gasteiger partial charge in [-0.25, -0.2) is 0 Å². The number of nitrogens with two attached hydrogens (primary N) is 1. The average Bonchev–Trinajstić information content (AvgIpc) is 3.17. The molecule has 30 heavy (non-hydrogen) atoms. The van der Waals surface area contributed by atoms with E-state index < -0.39 is 0 Å². The van der Waals surface area contributed by atoms with Gasteiger partial charge in [0.1, 0.15) is 10.8 Å². The molecule has 3 heterocycles. The van der Waals surface area contributed by atoms with Crippen LogP contribution in [0, 0.1) is 0 Å². The number of carbonyl (C=O) groups excluding carboxylic acids is 1. The fraction of sp³-hybridized carbons (Fsp3) is 0.300. The lowest BCUT2D eigenvalue weighted by molar-refractivity contribution is -0.114. The van der Waals surface area contributed by atoms with Crippen LogP contribution in [0.4, 0.5) is 11.5 Å². The van der Waals surface area contributed by atoms with Crippen molar-refractivity contribution in [3.05, 3.63) is 46.8 Å². The highest BCUT2D eigenvalue weighted by atomic mass is 32.1. The first-order valence-electron chi connectivity index (χ1n) is 9.62. The Bertz CT molecular complexity index is 1180. The molecule has 10 heteroatoms. The van der Waals surface area contributed by atoms with Gasteiger partial charge in [0, 0.05) is 43.5 Å². The molecule has 0 aliphatic carbocycles. The number of allylic oxidation sites excluding steroid dienone is 1. The van der Waals surface area contributed by atoms with Crippen molar-refractivity contribution in [2.75, 3.05) is 42.9 Å². The monoisotopic (exact) mass is 425 g/mol. The summed E-state index contributed by atoms with van der Waals surface area (Å²) in [6.07, 6.45) is 0. The molecule has 2 aromatic heterocycles. The topological polar surface area (TPSA) is 118 Å². The minimum absolute atomic E-state index is 0.103. The van der Waals surface area contributed by atoms with E-state index in [1.165, 1.54) is 17.4 Å². The summed E-state index contributed by atoms with van der Waals surface area (Å²) in [6.45, 7) is 9.07. The Morgan fingerprint density at radius 3 is 2.77 bits per heavy atom. The third-order valence-corrected chi connectivity index (χ3v) is 5.78. The molecule has 0 unspecified atom stereocenters. The van der Waals surface area contributed by atoms with E-state index in [1.54, 1.807) is 4.52 Å². The molecule has 0 bridgehead atoms. The van der Waals surface area contributed by atoms with Crippen molar-refractivity contribution in [2.24, 2.45) is 5.73 Å². The van der Waals surface area contributed by atoms with E-state index in [1.807, 2.05) is 25.1 Å². The van der Waals surface area contributed by atoms with Crippen molar-refractivity contribution in [3.63, 3.8) is 0 Å². The van der Waals surface area contributed by atoms with Crippen LogP contribution < -0.4 is 26.8 Å². The summed E-state index contributed by atoms with van der Waals surface area (Å²) in [5, 5.41) is 11.5. The van der Waals surface area contributed by atoms with E-state index in [0.717, 1.165) is 48.7 Å². The van der Waals surface area contributed by atoms with Crippen molar-refractivity contribution in [1.82, 2.24) is 19.9 Å². The smallest absolute Gasteiger partial charge is 0.276 e. The normalized spacial score (nSPS) is 14.1. The molecular weight excluding hydrogens is 402 g/mol. The first kappa shape index (κ1) is 20.2. The number of piperazine rings is 1. The van der Waals surface area contributed by atoms with E-state index >= 15 is 0 Å². The SMILES string of the molecule is C=C(C)c1cc(NC(=O)CN)cc(-c2nn3c(N4CCNCC4)cc(=O)nc3s2)c1. The number of fused-ring (bicyclic) bond motifs is 1. The number of benzene rings is 1. The van der Waals surface area contributed by atoms with Gasteiger partial charge in [0.2, 0.25) is 10.9 Å². The Hall–Kier alpha value is -3.08. The van der Waals surface area contributed by atoms with Crippen LogP contribution in [0.3, 0.4) is 0 Å². The lowest BCUT2D eigenvalue weighted by Gasteiger charge is -2.28. The van der Waals surface area contributed by atoms with Crippen LogP contribution in [0.15, 0.2) is 35.6 Å². The van der Waals surface area contributed by atoms with Gasteiger partial charge < -0.3 is 21.3 Å². The summed E-state index contributed by atoms with van der Waals surface area (Å²) in [6, 6.07) is 7.17. The third kappa shape index (κ3) is 4.11. The van der Waals surface area contributed by atoms with Crippen molar-refractivity contribution >= 4 is 39.3 Å². The molecule has 0 radical (unpaired) electrons. The minimum Gasteiger partial charge on any atom is -0.354 e. The number of aromatic nitrogens is 3. The van der Waals surface area contributed by atoms with Gasteiger partial charge in [0.15, 0.2) is 0 Å². The molecule has 1 amide bonds. The van der Waals surface area contributed by atoms with Crippen molar-refractivity contribution in [3.8, 4) is 10.6 Å². The van der Waals surface area contributed by atoms with Crippen molar-refractivity contribution in [2.45, 2.75) is 6.92 Å². The highest BCUT2D eigenvalue weighted by molar-refractivity contribution is 7.19. The number of nitrogens with one attached hydrogen (secondary N) is 2. The van der Waals surface area contributed by atoms with E-state index in [4.69, 9.17) is 10.8 Å². The van der Waals surface area contributed by atoms with Gasteiger partial charge in [-0.15, -0.1) is 0 Å². The van der Waals surface area contributed by atoms with Crippen LogP contribution in [-0.2, 0) is 4.79 Å². The van der Waals surface area contributed by atoms with Crippen LogP contribution in [0.1, 0.15) is 12.5 Å². The molecule has 1 saturated heterocycles. The average molecular weight is 426 g/mol. The van der Waals surface area contributed by atoms with Gasteiger partial charge in [0.25, 0.3) is 5.56 Å². The predicted octanol–water partition coefficient (Wildman–Crippen LogP) is 1.16. The van der Waals surface area contributed by atoms with Crippen LogP contribution >= 0.6 is 11.3 Å². The number of rotatable bonds is 5. The van der Waals surface area contributed by atoms with Gasteiger partial charge >= 0.3 is 0 Å². The Labute approximate surface area is 177 Å². The largest absolute Gasteiger partial charge is 0.354 e. The molecule has 1 fully saturated rings. The van der Waals surface area contributed by atoms with E-state index in [-0.39, 0.29) is 18.0 Å². The number of nitrogens with zero attached hydrogens (tertiary/aromatic N) is 4. The first-order valence-corrected chi connectivity index (χ1v) is 10.4. The molecule has 1 aliphatic rings. The van der Waals surface area contributed by atoms with E-state index in [0.29, 0.717) is 15.7 Å². The highest BCUT2D eigenvalue weighted by Crippen LogP contribution is 2.31. The molecule has 0 saturated carbocycles. The molecule has 0 spiro atoms. The Morgan fingerprint density at radius 2 is 2.07 bits per heavy atom. The summed E-state index contributed by atoms with van der Waals surface area (Å²) in [5.74, 6) is 0.457. The van der Waals surface area contributed by atoms with Crippen LogP contribution in [0.5, 0.6) is 0 Å². The fourth-order valence-corrected chi connectivity index (χ4v) is 4.21. The van der Waals surface area contributed by atoms with Crippen LogP contribution in [0.2, 0.25) is 0 Å². The number of hydrogen-bond donors (Lipinski definition) is 3. The number of carbonyl (C=O) groups is 1. The summed E-state index contributed by atoms with van der Waals surface area (Å²) in [4.78, 5) is 30.8.